The molecule has 6 heteroatoms. The molecule has 1 aromatic carbocycles. The zero-order chi connectivity index (χ0) is 18.2. The highest BCUT2D eigenvalue weighted by Crippen LogP contribution is 2.19. The van der Waals surface area contributed by atoms with Gasteiger partial charge in [-0.25, -0.2) is 4.79 Å². The van der Waals surface area contributed by atoms with Gasteiger partial charge in [-0.05, 0) is 63.2 Å². The third-order valence-corrected chi connectivity index (χ3v) is 5.44. The van der Waals surface area contributed by atoms with Gasteiger partial charge in [-0.1, -0.05) is 18.2 Å². The first-order chi connectivity index (χ1) is 12.7. The van der Waals surface area contributed by atoms with Gasteiger partial charge in [-0.2, -0.15) is 0 Å². The van der Waals surface area contributed by atoms with Gasteiger partial charge in [-0.15, -0.1) is 0 Å². The highest BCUT2D eigenvalue weighted by Gasteiger charge is 2.24. The molecular weight excluding hydrogens is 328 g/mol. The molecular formula is C20H30N4O2. The Balaban J connectivity index is 1.34. The molecule has 2 saturated heterocycles. The summed E-state index contributed by atoms with van der Waals surface area (Å²) < 4.78 is 0. The van der Waals surface area contributed by atoms with Gasteiger partial charge < -0.3 is 20.9 Å². The largest absolute Gasteiger partial charge is 0.343 e. The monoisotopic (exact) mass is 358 g/mol. The summed E-state index contributed by atoms with van der Waals surface area (Å²) in [6.45, 7) is 3.64. The molecule has 3 amide bonds. The summed E-state index contributed by atoms with van der Waals surface area (Å²) in [4.78, 5) is 26.5. The van der Waals surface area contributed by atoms with Crippen LogP contribution in [0.4, 0.5) is 10.5 Å². The van der Waals surface area contributed by atoms with E-state index in [4.69, 9.17) is 0 Å². The van der Waals surface area contributed by atoms with Crippen molar-refractivity contribution in [2.75, 3.05) is 31.5 Å². The number of nitrogens with zero attached hydrogens (tertiary/aromatic N) is 1. The molecule has 2 fully saturated rings. The van der Waals surface area contributed by atoms with E-state index in [2.05, 4.69) is 16.0 Å². The zero-order valence-electron chi connectivity index (χ0n) is 15.4. The van der Waals surface area contributed by atoms with Crippen molar-refractivity contribution < 1.29 is 9.59 Å². The van der Waals surface area contributed by atoms with Crippen LogP contribution in [-0.2, 0) is 4.79 Å². The predicted molar refractivity (Wildman–Crippen MR) is 103 cm³/mol. The van der Waals surface area contributed by atoms with Gasteiger partial charge in [-0.3, -0.25) is 4.79 Å². The molecule has 6 nitrogen and oxygen atoms in total. The fourth-order valence-electron chi connectivity index (χ4n) is 3.80. The van der Waals surface area contributed by atoms with Gasteiger partial charge in [0.05, 0.1) is 0 Å². The van der Waals surface area contributed by atoms with Crippen LogP contribution in [0.25, 0.3) is 0 Å². The molecule has 0 unspecified atom stereocenters. The summed E-state index contributed by atoms with van der Waals surface area (Å²) in [6.07, 6.45) is 5.70. The fourth-order valence-corrected chi connectivity index (χ4v) is 3.80. The quantitative estimate of drug-likeness (QED) is 0.757. The molecule has 0 spiro atoms. The number of carbonyl (C=O) groups excluding carboxylic acids is 2. The summed E-state index contributed by atoms with van der Waals surface area (Å²) >= 11 is 0. The smallest absolute Gasteiger partial charge is 0.319 e. The maximum absolute atomic E-state index is 12.4. The average Bonchev–Trinajstić information content (AvgIpc) is 2.68. The molecule has 2 aliphatic rings. The highest BCUT2D eigenvalue weighted by atomic mass is 16.2. The summed E-state index contributed by atoms with van der Waals surface area (Å²) in [5.74, 6) is 0.969. The predicted octanol–water partition coefficient (Wildman–Crippen LogP) is 2.58. The minimum Gasteiger partial charge on any atom is -0.343 e. The van der Waals surface area contributed by atoms with Crippen molar-refractivity contribution in [1.82, 2.24) is 15.5 Å². The highest BCUT2D eigenvalue weighted by molar-refractivity contribution is 5.89. The normalized spacial score (nSPS) is 19.2. The standard InChI is InChI=1S/C20H30N4O2/c25-19(7-6-16-8-12-21-13-9-16)24-14-10-18(11-15-24)23-20(26)22-17-4-2-1-3-5-17/h1-5,16,18,21H,6-15H2,(H2,22,23,26). The molecule has 2 aliphatic heterocycles. The number of hydrogen-bond donors (Lipinski definition) is 3. The molecule has 3 rings (SSSR count). The molecule has 0 atom stereocenters. The zero-order valence-corrected chi connectivity index (χ0v) is 15.4. The average molecular weight is 358 g/mol. The van der Waals surface area contributed by atoms with E-state index >= 15 is 0 Å². The van der Waals surface area contributed by atoms with Crippen molar-refractivity contribution in [2.45, 2.75) is 44.6 Å². The number of rotatable bonds is 5. The molecule has 0 aliphatic carbocycles. The molecule has 142 valence electrons. The number of anilines is 1. The van der Waals surface area contributed by atoms with E-state index in [1.165, 1.54) is 12.8 Å². The Morgan fingerprint density at radius 2 is 1.73 bits per heavy atom. The first-order valence-electron chi connectivity index (χ1n) is 9.82. The number of amides is 3. The molecule has 26 heavy (non-hydrogen) atoms. The number of benzene rings is 1. The van der Waals surface area contributed by atoms with Crippen LogP contribution >= 0.6 is 0 Å². The fraction of sp³-hybridized carbons (Fsp3) is 0.600. The summed E-state index contributed by atoms with van der Waals surface area (Å²) in [5, 5.41) is 9.23. The lowest BCUT2D eigenvalue weighted by Crippen LogP contribution is -2.47. The molecule has 0 bridgehead atoms. The first-order valence-corrected chi connectivity index (χ1v) is 9.82. The molecule has 0 aromatic heterocycles. The maximum Gasteiger partial charge on any atom is 0.319 e. The van der Waals surface area contributed by atoms with Crippen molar-refractivity contribution in [2.24, 2.45) is 5.92 Å². The van der Waals surface area contributed by atoms with Crippen LogP contribution < -0.4 is 16.0 Å². The Morgan fingerprint density at radius 1 is 1.04 bits per heavy atom. The summed E-state index contributed by atoms with van der Waals surface area (Å²) in [6, 6.07) is 9.39. The van der Waals surface area contributed by atoms with E-state index in [9.17, 15) is 9.59 Å². The van der Waals surface area contributed by atoms with Crippen LogP contribution in [0, 0.1) is 5.92 Å². The Hall–Kier alpha value is -2.08. The van der Waals surface area contributed by atoms with Gasteiger partial charge in [0, 0.05) is 31.2 Å². The van der Waals surface area contributed by atoms with Crippen molar-refractivity contribution in [3.05, 3.63) is 30.3 Å². The van der Waals surface area contributed by atoms with Crippen molar-refractivity contribution >= 4 is 17.6 Å². The van der Waals surface area contributed by atoms with Gasteiger partial charge in [0.25, 0.3) is 0 Å². The van der Waals surface area contributed by atoms with E-state index < -0.39 is 0 Å². The molecule has 3 N–H and O–H groups in total. The van der Waals surface area contributed by atoms with Crippen LogP contribution in [0.15, 0.2) is 30.3 Å². The number of carbonyl (C=O) groups is 2. The summed E-state index contributed by atoms with van der Waals surface area (Å²) in [7, 11) is 0. The van der Waals surface area contributed by atoms with Gasteiger partial charge >= 0.3 is 6.03 Å². The van der Waals surface area contributed by atoms with Crippen molar-refractivity contribution in [1.29, 1.82) is 0 Å². The molecule has 0 radical (unpaired) electrons. The Morgan fingerprint density at radius 3 is 2.42 bits per heavy atom. The van der Waals surface area contributed by atoms with Crippen LogP contribution in [-0.4, -0.2) is 49.1 Å². The second-order valence-electron chi connectivity index (χ2n) is 7.35. The SMILES string of the molecule is O=C(Nc1ccccc1)NC1CCN(C(=O)CCC2CCNCC2)CC1. The second-order valence-corrected chi connectivity index (χ2v) is 7.35. The van der Waals surface area contributed by atoms with Gasteiger partial charge in [0.2, 0.25) is 5.91 Å². The number of piperidine rings is 2. The Bertz CT molecular complexity index is 579. The number of para-hydroxylation sites is 1. The first kappa shape index (κ1) is 18.7. The van der Waals surface area contributed by atoms with E-state index in [1.54, 1.807) is 0 Å². The third-order valence-electron chi connectivity index (χ3n) is 5.44. The van der Waals surface area contributed by atoms with Gasteiger partial charge in [0.1, 0.15) is 0 Å². The minimum absolute atomic E-state index is 0.132. The van der Waals surface area contributed by atoms with E-state index in [-0.39, 0.29) is 18.0 Å². The van der Waals surface area contributed by atoms with Crippen LogP contribution in [0.5, 0.6) is 0 Å². The lowest BCUT2D eigenvalue weighted by molar-refractivity contribution is -0.132. The second kappa shape index (κ2) is 9.57. The van der Waals surface area contributed by atoms with E-state index in [1.807, 2.05) is 35.2 Å². The molecule has 2 heterocycles. The Kier molecular flexibility index (Phi) is 6.89. The lowest BCUT2D eigenvalue weighted by Gasteiger charge is -2.33. The number of urea groups is 1. The van der Waals surface area contributed by atoms with Crippen LogP contribution in [0.1, 0.15) is 38.5 Å². The van der Waals surface area contributed by atoms with E-state index in [0.29, 0.717) is 12.3 Å². The molecule has 0 saturated carbocycles. The maximum atomic E-state index is 12.4. The van der Waals surface area contributed by atoms with Crippen LogP contribution in [0.2, 0.25) is 0 Å². The van der Waals surface area contributed by atoms with Crippen molar-refractivity contribution in [3.8, 4) is 0 Å². The summed E-state index contributed by atoms with van der Waals surface area (Å²) in [5.41, 5.74) is 0.788. The third kappa shape index (κ3) is 5.73. The number of nitrogens with one attached hydrogen (secondary N) is 3. The minimum atomic E-state index is -0.174. The topological polar surface area (TPSA) is 73.5 Å². The number of hydrogen-bond acceptors (Lipinski definition) is 3. The van der Waals surface area contributed by atoms with Crippen LogP contribution in [0.3, 0.4) is 0 Å². The Labute approximate surface area is 155 Å². The van der Waals surface area contributed by atoms with E-state index in [0.717, 1.165) is 51.1 Å². The van der Waals surface area contributed by atoms with Crippen molar-refractivity contribution in [3.63, 3.8) is 0 Å². The number of likely N-dealkylation sites (tertiary alicyclic amines) is 1. The van der Waals surface area contributed by atoms with Gasteiger partial charge in [0.15, 0.2) is 0 Å². The lowest BCUT2D eigenvalue weighted by atomic mass is 9.93. The molecule has 1 aromatic rings.